The summed E-state index contributed by atoms with van der Waals surface area (Å²) in [6, 6.07) is 10.2. The summed E-state index contributed by atoms with van der Waals surface area (Å²) < 4.78 is 0. The van der Waals surface area contributed by atoms with Crippen molar-refractivity contribution >= 4 is 0 Å². The van der Waals surface area contributed by atoms with Gasteiger partial charge < -0.3 is 0 Å². The summed E-state index contributed by atoms with van der Waals surface area (Å²) >= 11 is 0. The van der Waals surface area contributed by atoms with Crippen LogP contribution in [0.1, 0.15) is 77.9 Å². The Morgan fingerprint density at radius 1 is 0.931 bits per heavy atom. The molecule has 0 N–H and O–H groups in total. The summed E-state index contributed by atoms with van der Waals surface area (Å²) in [4.78, 5) is 21.6. The van der Waals surface area contributed by atoms with Gasteiger partial charge in [0.15, 0.2) is 0 Å². The van der Waals surface area contributed by atoms with Gasteiger partial charge in [0.1, 0.15) is 11.7 Å². The average molecular weight is 403 g/mol. The van der Waals surface area contributed by atoms with Gasteiger partial charge in [-0.3, -0.25) is 0 Å². The van der Waals surface area contributed by atoms with Crippen LogP contribution in [0.25, 0.3) is 0 Å². The van der Waals surface area contributed by atoms with E-state index in [2.05, 4.69) is 53.0 Å². The zero-order valence-corrected chi connectivity index (χ0v) is 18.6. The fraction of sp³-hybridized carbons (Fsp3) is 0.600. The minimum Gasteiger partial charge on any atom is -0.232 e. The molecular formula is C25H38O4. The normalized spacial score (nSPS) is 30.0. The van der Waals surface area contributed by atoms with E-state index in [4.69, 9.17) is 19.6 Å². The highest BCUT2D eigenvalue weighted by Gasteiger charge is 2.43. The second-order valence-corrected chi connectivity index (χ2v) is 9.16. The maximum Gasteiger partial charge on any atom is 0.118 e. The smallest absolute Gasteiger partial charge is 0.118 e. The molecule has 1 aromatic carbocycles. The van der Waals surface area contributed by atoms with Crippen molar-refractivity contribution in [1.82, 2.24) is 0 Å². The zero-order valence-electron chi connectivity index (χ0n) is 18.6. The van der Waals surface area contributed by atoms with E-state index >= 15 is 0 Å². The minimum atomic E-state index is -0.162. The average Bonchev–Trinajstić information content (AvgIpc) is 2.71. The van der Waals surface area contributed by atoms with Crippen molar-refractivity contribution in [1.29, 1.82) is 0 Å². The fourth-order valence-electron chi connectivity index (χ4n) is 3.36. The van der Waals surface area contributed by atoms with E-state index in [1.54, 1.807) is 0 Å². The van der Waals surface area contributed by atoms with Gasteiger partial charge in [0.2, 0.25) is 0 Å². The molecule has 0 radical (unpaired) electrons. The van der Waals surface area contributed by atoms with Crippen molar-refractivity contribution < 1.29 is 19.6 Å². The van der Waals surface area contributed by atoms with Crippen molar-refractivity contribution in [3.8, 4) is 0 Å². The second kappa shape index (κ2) is 11.1. The van der Waals surface area contributed by atoms with Crippen molar-refractivity contribution in [2.75, 3.05) is 0 Å². The second-order valence-electron chi connectivity index (χ2n) is 9.16. The summed E-state index contributed by atoms with van der Waals surface area (Å²) in [5.41, 5.74) is 1.14. The molecule has 4 nitrogen and oxygen atoms in total. The predicted molar refractivity (Wildman–Crippen MR) is 117 cm³/mol. The summed E-state index contributed by atoms with van der Waals surface area (Å²) in [6.07, 6.45) is 10.1. The SMILES string of the molecule is C=CCC1CCC(C)(C(C)(C)C)OO1.C=CC[C@H]1CCC(c2ccccc2)OO1. The third-order valence-corrected chi connectivity index (χ3v) is 5.99. The van der Waals surface area contributed by atoms with Crippen LogP contribution < -0.4 is 0 Å². The third-order valence-electron chi connectivity index (χ3n) is 5.99. The van der Waals surface area contributed by atoms with Gasteiger partial charge in [0, 0.05) is 0 Å². The first kappa shape index (κ1) is 23.8. The highest BCUT2D eigenvalue weighted by molar-refractivity contribution is 5.17. The molecule has 3 unspecified atom stereocenters. The van der Waals surface area contributed by atoms with Gasteiger partial charge >= 0.3 is 0 Å². The van der Waals surface area contributed by atoms with Crippen molar-refractivity contribution in [2.45, 2.75) is 90.1 Å². The van der Waals surface area contributed by atoms with Crippen LogP contribution in [0.4, 0.5) is 0 Å². The van der Waals surface area contributed by atoms with Gasteiger partial charge in [-0.25, -0.2) is 19.6 Å². The van der Waals surface area contributed by atoms with Crippen LogP contribution in [0, 0.1) is 5.41 Å². The lowest BCUT2D eigenvalue weighted by molar-refractivity contribution is -0.422. The molecule has 4 heteroatoms. The first-order chi connectivity index (χ1) is 13.8. The highest BCUT2D eigenvalue weighted by Crippen LogP contribution is 2.41. The molecule has 2 heterocycles. The Labute approximate surface area is 176 Å². The molecule has 0 spiro atoms. The maximum atomic E-state index is 5.55. The molecule has 4 atom stereocenters. The Hall–Kier alpha value is -1.46. The zero-order chi connectivity index (χ0) is 21.3. The van der Waals surface area contributed by atoms with E-state index in [-0.39, 0.29) is 29.3 Å². The molecule has 162 valence electrons. The standard InChI is InChI=1S/C13H16O2.C12H22O2/c1-2-6-12-9-10-13(15-14-12)11-7-4-3-5-8-11;1-6-7-10-8-9-12(5,14-13-10)11(2,3)4/h2-5,7-8,12-13H,1,6,9-10H2;6,10H,1,7-9H2,2-5H3/t12-,13?;/m0./s1. The highest BCUT2D eigenvalue weighted by atomic mass is 17.2. The van der Waals surface area contributed by atoms with E-state index in [1.807, 2.05) is 30.4 Å². The fourth-order valence-corrected chi connectivity index (χ4v) is 3.36. The Balaban J connectivity index is 0.000000208. The lowest BCUT2D eigenvalue weighted by Crippen LogP contribution is -2.47. The van der Waals surface area contributed by atoms with Gasteiger partial charge in [0.05, 0.1) is 12.2 Å². The molecule has 1 aromatic rings. The molecule has 29 heavy (non-hydrogen) atoms. The summed E-state index contributed by atoms with van der Waals surface area (Å²) in [5, 5.41) is 0. The van der Waals surface area contributed by atoms with Crippen LogP contribution in [-0.4, -0.2) is 17.8 Å². The summed E-state index contributed by atoms with van der Waals surface area (Å²) in [6.45, 7) is 16.1. The molecule has 2 aliphatic rings. The molecule has 3 rings (SSSR count). The Kier molecular flexibility index (Phi) is 9.09. The monoisotopic (exact) mass is 402 g/mol. The Bertz CT molecular complexity index is 603. The molecule has 0 aromatic heterocycles. The molecule has 0 amide bonds. The van der Waals surface area contributed by atoms with Gasteiger partial charge in [-0.15, -0.1) is 13.2 Å². The molecule has 2 saturated heterocycles. The Morgan fingerprint density at radius 2 is 1.55 bits per heavy atom. The molecule has 2 fully saturated rings. The van der Waals surface area contributed by atoms with Crippen molar-refractivity contribution in [3.05, 3.63) is 61.2 Å². The molecule has 0 bridgehead atoms. The van der Waals surface area contributed by atoms with Crippen molar-refractivity contribution in [2.24, 2.45) is 5.41 Å². The first-order valence-electron chi connectivity index (χ1n) is 10.7. The van der Waals surface area contributed by atoms with E-state index < -0.39 is 0 Å². The molecule has 0 saturated carbocycles. The van der Waals surface area contributed by atoms with Crippen LogP contribution in [0.2, 0.25) is 0 Å². The maximum absolute atomic E-state index is 5.55. The van der Waals surface area contributed by atoms with Crippen LogP contribution in [0.3, 0.4) is 0 Å². The molecular weight excluding hydrogens is 364 g/mol. The van der Waals surface area contributed by atoms with Crippen LogP contribution in [-0.2, 0) is 19.6 Å². The van der Waals surface area contributed by atoms with Crippen molar-refractivity contribution in [3.63, 3.8) is 0 Å². The van der Waals surface area contributed by atoms with Gasteiger partial charge in [-0.05, 0) is 56.4 Å². The predicted octanol–water partition coefficient (Wildman–Crippen LogP) is 6.89. The number of hydrogen-bond donors (Lipinski definition) is 0. The lowest BCUT2D eigenvalue weighted by Gasteiger charge is -2.44. The summed E-state index contributed by atoms with van der Waals surface area (Å²) in [5.74, 6) is 0. The minimum absolute atomic E-state index is 0.0901. The van der Waals surface area contributed by atoms with E-state index in [0.717, 1.165) is 38.5 Å². The van der Waals surface area contributed by atoms with Crippen LogP contribution in [0.15, 0.2) is 55.6 Å². The van der Waals surface area contributed by atoms with Gasteiger partial charge in [-0.1, -0.05) is 63.3 Å². The van der Waals surface area contributed by atoms with Gasteiger partial charge in [-0.2, -0.15) is 0 Å². The first-order valence-corrected chi connectivity index (χ1v) is 10.7. The summed E-state index contributed by atoms with van der Waals surface area (Å²) in [7, 11) is 0. The largest absolute Gasteiger partial charge is 0.232 e. The topological polar surface area (TPSA) is 36.9 Å². The van der Waals surface area contributed by atoms with E-state index in [1.165, 1.54) is 5.56 Å². The quantitative estimate of drug-likeness (QED) is 0.397. The third kappa shape index (κ3) is 7.07. The van der Waals surface area contributed by atoms with Crippen LogP contribution in [0.5, 0.6) is 0 Å². The molecule has 0 aliphatic carbocycles. The lowest BCUT2D eigenvalue weighted by atomic mass is 9.74. The van der Waals surface area contributed by atoms with Gasteiger partial charge in [0.25, 0.3) is 0 Å². The van der Waals surface area contributed by atoms with E-state index in [9.17, 15) is 0 Å². The number of benzene rings is 1. The van der Waals surface area contributed by atoms with E-state index in [0.29, 0.717) is 0 Å². The number of rotatable bonds is 5. The van der Waals surface area contributed by atoms with Crippen LogP contribution >= 0.6 is 0 Å². The number of hydrogen-bond acceptors (Lipinski definition) is 4. The Morgan fingerprint density at radius 3 is 2.00 bits per heavy atom. The molecule has 2 aliphatic heterocycles.